The van der Waals surface area contributed by atoms with Crippen molar-refractivity contribution in [2.45, 2.75) is 26.7 Å². The van der Waals surface area contributed by atoms with Crippen LogP contribution in [0.2, 0.25) is 0 Å². The van der Waals surface area contributed by atoms with Gasteiger partial charge in [0, 0.05) is 34.1 Å². The van der Waals surface area contributed by atoms with Crippen LogP contribution in [-0.2, 0) is 12.8 Å². The normalized spacial score (nSPS) is 11.0. The molecule has 0 fully saturated rings. The Morgan fingerprint density at radius 1 is 0.341 bits per heavy atom. The third kappa shape index (κ3) is 6.66. The van der Waals surface area contributed by atoms with Crippen molar-refractivity contribution in [3.8, 4) is 0 Å². The monoisotopic (exact) mass is 570 g/mol. The van der Waals surface area contributed by atoms with Crippen molar-refractivity contribution >= 4 is 46.3 Å². The third-order valence-electron chi connectivity index (χ3n) is 8.01. The molecule has 0 N–H and O–H groups in total. The molecule has 6 aromatic rings. The lowest BCUT2D eigenvalue weighted by Crippen LogP contribution is -2.09. The number of para-hydroxylation sites is 2. The molecule has 0 amide bonds. The topological polar surface area (TPSA) is 6.48 Å². The van der Waals surface area contributed by atoms with E-state index in [1.807, 2.05) is 0 Å². The molecule has 0 unspecified atom stereocenters. The molecule has 216 valence electrons. The molecule has 0 aromatic heterocycles. The van der Waals surface area contributed by atoms with Gasteiger partial charge < -0.3 is 9.80 Å². The summed E-state index contributed by atoms with van der Waals surface area (Å²) in [5.74, 6) is 0. The lowest BCUT2D eigenvalue weighted by Gasteiger charge is -2.25. The van der Waals surface area contributed by atoms with Gasteiger partial charge in [0.05, 0.1) is 0 Å². The van der Waals surface area contributed by atoms with Crippen LogP contribution in [0.25, 0.3) is 12.2 Å². The van der Waals surface area contributed by atoms with E-state index in [9.17, 15) is 0 Å². The van der Waals surface area contributed by atoms with E-state index in [4.69, 9.17) is 0 Å². The maximum Gasteiger partial charge on any atom is 0.0462 e. The van der Waals surface area contributed by atoms with Gasteiger partial charge in [-0.2, -0.15) is 0 Å². The smallest absolute Gasteiger partial charge is 0.0462 e. The summed E-state index contributed by atoms with van der Waals surface area (Å²) < 4.78 is 0. The Bertz CT molecular complexity index is 1630. The van der Waals surface area contributed by atoms with Crippen LogP contribution in [0, 0.1) is 0 Å². The van der Waals surface area contributed by atoms with Crippen molar-refractivity contribution in [3.63, 3.8) is 0 Å². The van der Waals surface area contributed by atoms with Gasteiger partial charge in [-0.1, -0.05) is 111 Å². The first-order valence-corrected chi connectivity index (χ1v) is 15.5. The molecule has 6 rings (SSSR count). The van der Waals surface area contributed by atoms with E-state index in [2.05, 4.69) is 194 Å². The van der Waals surface area contributed by atoms with Gasteiger partial charge in [0.2, 0.25) is 0 Å². The van der Waals surface area contributed by atoms with Gasteiger partial charge in [0.15, 0.2) is 0 Å². The molecule has 44 heavy (non-hydrogen) atoms. The molecule has 2 nitrogen and oxygen atoms in total. The number of nitrogens with zero attached hydrogens (tertiary/aromatic N) is 2. The summed E-state index contributed by atoms with van der Waals surface area (Å²) in [5.41, 5.74) is 11.9. The highest BCUT2D eigenvalue weighted by Crippen LogP contribution is 2.36. The van der Waals surface area contributed by atoms with E-state index >= 15 is 0 Å². The minimum absolute atomic E-state index is 1.04. The van der Waals surface area contributed by atoms with Crippen LogP contribution < -0.4 is 9.80 Å². The van der Waals surface area contributed by atoms with Gasteiger partial charge >= 0.3 is 0 Å². The Hall–Kier alpha value is -5.34. The fraction of sp³-hybridized carbons (Fsp3) is 0.0952. The quantitative estimate of drug-likeness (QED) is 0.151. The average molecular weight is 571 g/mol. The zero-order chi connectivity index (χ0) is 30.1. The minimum atomic E-state index is 1.04. The maximum absolute atomic E-state index is 2.31. The Morgan fingerprint density at radius 3 is 0.909 bits per heavy atom. The van der Waals surface area contributed by atoms with E-state index in [0.717, 1.165) is 58.1 Å². The number of aryl methyl sites for hydroxylation is 2. The summed E-state index contributed by atoms with van der Waals surface area (Å²) in [5, 5.41) is 0. The van der Waals surface area contributed by atoms with Crippen LogP contribution in [0.5, 0.6) is 0 Å². The maximum atomic E-state index is 2.31. The molecular weight excluding hydrogens is 532 g/mol. The van der Waals surface area contributed by atoms with Crippen molar-refractivity contribution in [2.24, 2.45) is 0 Å². The molecule has 0 spiro atoms. The van der Waals surface area contributed by atoms with Crippen LogP contribution in [0.3, 0.4) is 0 Å². The molecule has 0 atom stereocenters. The summed E-state index contributed by atoms with van der Waals surface area (Å²) in [4.78, 5) is 4.61. The average Bonchev–Trinajstić information content (AvgIpc) is 3.10. The van der Waals surface area contributed by atoms with Crippen molar-refractivity contribution in [3.05, 3.63) is 180 Å². The molecule has 0 bridgehead atoms. The molecule has 0 heterocycles. The number of benzene rings is 6. The largest absolute Gasteiger partial charge is 0.311 e. The Balaban J connectivity index is 1.22. The van der Waals surface area contributed by atoms with Crippen LogP contribution >= 0.6 is 0 Å². The summed E-state index contributed by atoms with van der Waals surface area (Å²) in [7, 11) is 0. The predicted octanol–water partition coefficient (Wildman–Crippen LogP) is 11.9. The second-order valence-electron chi connectivity index (χ2n) is 10.9. The summed E-state index contributed by atoms with van der Waals surface area (Å²) >= 11 is 0. The van der Waals surface area contributed by atoms with Gasteiger partial charge in [0.25, 0.3) is 0 Å². The van der Waals surface area contributed by atoms with Gasteiger partial charge in [-0.15, -0.1) is 0 Å². The van der Waals surface area contributed by atoms with Gasteiger partial charge in [-0.05, 0) is 108 Å². The first-order valence-electron chi connectivity index (χ1n) is 15.5. The van der Waals surface area contributed by atoms with Crippen LogP contribution in [-0.4, -0.2) is 0 Å². The van der Waals surface area contributed by atoms with Gasteiger partial charge in [0.1, 0.15) is 0 Å². The van der Waals surface area contributed by atoms with Crippen LogP contribution in [0.15, 0.2) is 158 Å². The molecule has 0 aliphatic rings. The minimum Gasteiger partial charge on any atom is -0.311 e. The Kier molecular flexibility index (Phi) is 8.99. The molecular formula is C42H38N2. The summed E-state index contributed by atoms with van der Waals surface area (Å²) in [6.07, 6.45) is 6.43. The van der Waals surface area contributed by atoms with Crippen molar-refractivity contribution < 1.29 is 0 Å². The zero-order valence-corrected chi connectivity index (χ0v) is 25.5. The second kappa shape index (κ2) is 13.8. The fourth-order valence-corrected chi connectivity index (χ4v) is 5.47. The van der Waals surface area contributed by atoms with E-state index in [-0.39, 0.29) is 0 Å². The first-order chi connectivity index (χ1) is 21.7. The van der Waals surface area contributed by atoms with E-state index in [1.165, 1.54) is 11.1 Å². The SMILES string of the molecule is CCc1ccc(N(c2ccccc2)c2ccc(C=Cc3ccc(N(c4ccccc4)c4ccc(CC)cc4)cc3)cc2)cc1. The molecule has 0 saturated heterocycles. The van der Waals surface area contributed by atoms with Crippen molar-refractivity contribution in [2.75, 3.05) is 9.80 Å². The molecule has 2 heteroatoms. The Labute approximate surface area is 262 Å². The molecule has 6 aromatic carbocycles. The number of hydrogen-bond donors (Lipinski definition) is 0. The molecule has 0 aliphatic heterocycles. The van der Waals surface area contributed by atoms with Crippen LogP contribution in [0.4, 0.5) is 34.1 Å². The van der Waals surface area contributed by atoms with Crippen LogP contribution in [0.1, 0.15) is 36.1 Å². The second-order valence-corrected chi connectivity index (χ2v) is 10.9. The number of anilines is 6. The molecule has 0 radical (unpaired) electrons. The molecule has 0 saturated carbocycles. The Morgan fingerprint density at radius 2 is 0.614 bits per heavy atom. The number of rotatable bonds is 10. The van der Waals surface area contributed by atoms with Crippen molar-refractivity contribution in [1.29, 1.82) is 0 Å². The standard InChI is InChI=1S/C42H38N2/c1-3-33-17-25-39(26-18-33)43(37-11-7-5-8-12-37)41-29-21-35(22-30-41)15-16-36-23-31-42(32-24-36)44(38-13-9-6-10-14-38)40-27-19-34(4-2)20-28-40/h5-32H,3-4H2,1-2H3. The highest BCUT2D eigenvalue weighted by Gasteiger charge is 2.13. The van der Waals surface area contributed by atoms with Crippen molar-refractivity contribution in [1.82, 2.24) is 0 Å². The highest BCUT2D eigenvalue weighted by atomic mass is 15.1. The van der Waals surface area contributed by atoms with E-state index in [1.54, 1.807) is 0 Å². The van der Waals surface area contributed by atoms with Gasteiger partial charge in [-0.3, -0.25) is 0 Å². The highest BCUT2D eigenvalue weighted by molar-refractivity contribution is 5.80. The van der Waals surface area contributed by atoms with Gasteiger partial charge in [-0.25, -0.2) is 0 Å². The first kappa shape index (κ1) is 28.8. The zero-order valence-electron chi connectivity index (χ0n) is 25.5. The summed E-state index contributed by atoms with van der Waals surface area (Å²) in [6.45, 7) is 4.38. The lowest BCUT2D eigenvalue weighted by atomic mass is 10.1. The van der Waals surface area contributed by atoms with E-state index < -0.39 is 0 Å². The number of hydrogen-bond acceptors (Lipinski definition) is 2. The van der Waals surface area contributed by atoms with E-state index in [0.29, 0.717) is 0 Å². The summed E-state index contributed by atoms with van der Waals surface area (Å²) in [6, 6.07) is 56.4. The fourth-order valence-electron chi connectivity index (χ4n) is 5.47. The predicted molar refractivity (Wildman–Crippen MR) is 190 cm³/mol. The lowest BCUT2D eigenvalue weighted by molar-refractivity contribution is 1.14. The molecule has 0 aliphatic carbocycles. The third-order valence-corrected chi connectivity index (χ3v) is 8.01.